The summed E-state index contributed by atoms with van der Waals surface area (Å²) in [4.78, 5) is 16.9. The maximum absolute atomic E-state index is 13.4. The minimum atomic E-state index is -0.449. The third-order valence-corrected chi connectivity index (χ3v) is 4.36. The summed E-state index contributed by atoms with van der Waals surface area (Å²) in [6.07, 6.45) is 0. The number of nitrogens with one attached hydrogen (secondary N) is 1. The van der Waals surface area contributed by atoms with Crippen molar-refractivity contribution in [2.24, 2.45) is 0 Å². The Kier molecular flexibility index (Phi) is 4.20. The van der Waals surface area contributed by atoms with Gasteiger partial charge in [0, 0.05) is 16.8 Å². The van der Waals surface area contributed by atoms with E-state index in [9.17, 15) is 9.18 Å². The molecule has 0 aliphatic carbocycles. The number of rotatable bonds is 3. The number of anilines is 1. The van der Waals surface area contributed by atoms with E-state index in [4.69, 9.17) is 4.42 Å². The highest BCUT2D eigenvalue weighted by Gasteiger charge is 2.13. The Bertz CT molecular complexity index is 1160. The molecule has 0 atom stereocenters. The Hall–Kier alpha value is -3.47. The predicted octanol–water partition coefficient (Wildman–Crippen LogP) is 5.50. The molecule has 1 aromatic heterocycles. The van der Waals surface area contributed by atoms with E-state index in [2.05, 4.69) is 10.3 Å². The summed E-state index contributed by atoms with van der Waals surface area (Å²) in [5.41, 5.74) is 5.12. The SMILES string of the molecule is Cc1ccc2nc(-c3ccc(C)c(NC(=O)c4cccc(F)c4)c3)oc2c1. The van der Waals surface area contributed by atoms with Crippen molar-refractivity contribution in [2.45, 2.75) is 13.8 Å². The van der Waals surface area contributed by atoms with Crippen molar-refractivity contribution in [3.05, 3.63) is 83.2 Å². The van der Waals surface area contributed by atoms with Gasteiger partial charge in [0.15, 0.2) is 5.58 Å². The normalized spacial score (nSPS) is 10.9. The molecule has 1 N–H and O–H groups in total. The first kappa shape index (κ1) is 17.0. The lowest BCUT2D eigenvalue weighted by atomic mass is 10.1. The van der Waals surface area contributed by atoms with Gasteiger partial charge in [-0.05, 0) is 67.4 Å². The Morgan fingerprint density at radius 2 is 1.89 bits per heavy atom. The molecule has 0 fully saturated rings. The second kappa shape index (κ2) is 6.68. The molecule has 134 valence electrons. The van der Waals surface area contributed by atoms with Gasteiger partial charge in [-0.25, -0.2) is 9.37 Å². The molecule has 27 heavy (non-hydrogen) atoms. The summed E-state index contributed by atoms with van der Waals surface area (Å²) >= 11 is 0. The minimum Gasteiger partial charge on any atom is -0.436 e. The van der Waals surface area contributed by atoms with Crippen LogP contribution < -0.4 is 5.32 Å². The van der Waals surface area contributed by atoms with E-state index in [1.807, 2.05) is 50.2 Å². The van der Waals surface area contributed by atoms with Gasteiger partial charge in [0.1, 0.15) is 11.3 Å². The molecule has 4 aromatic rings. The minimum absolute atomic E-state index is 0.261. The van der Waals surface area contributed by atoms with Crippen LogP contribution in [-0.2, 0) is 0 Å². The topological polar surface area (TPSA) is 55.1 Å². The van der Waals surface area contributed by atoms with E-state index in [0.717, 1.165) is 27.8 Å². The molecular formula is C22H17FN2O2. The van der Waals surface area contributed by atoms with Crippen LogP contribution in [0.15, 0.2) is 65.1 Å². The van der Waals surface area contributed by atoms with Gasteiger partial charge < -0.3 is 9.73 Å². The maximum atomic E-state index is 13.4. The van der Waals surface area contributed by atoms with Crippen LogP contribution >= 0.6 is 0 Å². The molecule has 0 unspecified atom stereocenters. The van der Waals surface area contributed by atoms with E-state index in [0.29, 0.717) is 11.6 Å². The van der Waals surface area contributed by atoms with Gasteiger partial charge in [0.2, 0.25) is 5.89 Å². The smallest absolute Gasteiger partial charge is 0.255 e. The standard InChI is InChI=1S/C22H17FN2O2/c1-13-6-9-18-20(10-13)27-22(25-18)16-8-7-14(2)19(12-16)24-21(26)15-4-3-5-17(23)11-15/h3-12H,1-2H3,(H,24,26). The van der Waals surface area contributed by atoms with Gasteiger partial charge in [0.05, 0.1) is 0 Å². The number of hydrogen-bond donors (Lipinski definition) is 1. The lowest BCUT2D eigenvalue weighted by molar-refractivity contribution is 0.102. The van der Waals surface area contributed by atoms with Crippen LogP contribution in [0.1, 0.15) is 21.5 Å². The second-order valence-electron chi connectivity index (χ2n) is 6.48. The van der Waals surface area contributed by atoms with Crippen LogP contribution in [0.3, 0.4) is 0 Å². The maximum Gasteiger partial charge on any atom is 0.255 e. The van der Waals surface area contributed by atoms with Gasteiger partial charge in [-0.3, -0.25) is 4.79 Å². The van der Waals surface area contributed by atoms with E-state index in [-0.39, 0.29) is 11.5 Å². The number of carbonyl (C=O) groups excluding carboxylic acids is 1. The predicted molar refractivity (Wildman–Crippen MR) is 103 cm³/mol. The van der Waals surface area contributed by atoms with Crippen molar-refractivity contribution in [3.8, 4) is 11.5 Å². The fourth-order valence-corrected chi connectivity index (χ4v) is 2.87. The molecule has 1 amide bonds. The van der Waals surface area contributed by atoms with Crippen molar-refractivity contribution in [3.63, 3.8) is 0 Å². The average Bonchev–Trinajstić information content (AvgIpc) is 3.06. The first-order valence-electron chi connectivity index (χ1n) is 8.55. The molecule has 0 aliphatic rings. The quantitative estimate of drug-likeness (QED) is 0.525. The second-order valence-corrected chi connectivity index (χ2v) is 6.48. The fraction of sp³-hybridized carbons (Fsp3) is 0.0909. The zero-order valence-electron chi connectivity index (χ0n) is 14.9. The lowest BCUT2D eigenvalue weighted by Gasteiger charge is -2.10. The Morgan fingerprint density at radius 1 is 1.04 bits per heavy atom. The molecule has 3 aromatic carbocycles. The summed E-state index contributed by atoms with van der Waals surface area (Å²) < 4.78 is 19.2. The van der Waals surface area contributed by atoms with Crippen molar-refractivity contribution < 1.29 is 13.6 Å². The van der Waals surface area contributed by atoms with Crippen molar-refractivity contribution in [2.75, 3.05) is 5.32 Å². The Balaban J connectivity index is 1.67. The number of hydrogen-bond acceptors (Lipinski definition) is 3. The first-order chi connectivity index (χ1) is 13.0. The van der Waals surface area contributed by atoms with Crippen molar-refractivity contribution >= 4 is 22.7 Å². The monoisotopic (exact) mass is 360 g/mol. The summed E-state index contributed by atoms with van der Waals surface area (Å²) in [5.74, 6) is -0.338. The molecule has 0 saturated heterocycles. The summed E-state index contributed by atoms with van der Waals surface area (Å²) in [7, 11) is 0. The number of aromatic nitrogens is 1. The zero-order chi connectivity index (χ0) is 19.0. The van der Waals surface area contributed by atoms with Crippen LogP contribution in [0.25, 0.3) is 22.6 Å². The zero-order valence-corrected chi connectivity index (χ0v) is 14.9. The molecule has 0 radical (unpaired) electrons. The lowest BCUT2D eigenvalue weighted by Crippen LogP contribution is -2.13. The van der Waals surface area contributed by atoms with Crippen LogP contribution in [0.2, 0.25) is 0 Å². The number of benzene rings is 3. The number of nitrogens with zero attached hydrogens (tertiary/aromatic N) is 1. The van der Waals surface area contributed by atoms with Gasteiger partial charge in [0.25, 0.3) is 5.91 Å². The Labute approximate surface area is 155 Å². The molecule has 0 spiro atoms. The third-order valence-electron chi connectivity index (χ3n) is 4.36. The molecular weight excluding hydrogens is 343 g/mol. The van der Waals surface area contributed by atoms with E-state index >= 15 is 0 Å². The van der Waals surface area contributed by atoms with Gasteiger partial charge in [-0.15, -0.1) is 0 Å². The van der Waals surface area contributed by atoms with Gasteiger partial charge in [-0.1, -0.05) is 18.2 Å². The van der Waals surface area contributed by atoms with Crippen LogP contribution in [0, 0.1) is 19.7 Å². The van der Waals surface area contributed by atoms with Gasteiger partial charge >= 0.3 is 0 Å². The molecule has 4 nitrogen and oxygen atoms in total. The number of fused-ring (bicyclic) bond motifs is 1. The summed E-state index contributed by atoms with van der Waals surface area (Å²) in [6.45, 7) is 3.88. The number of amides is 1. The number of halogens is 1. The average molecular weight is 360 g/mol. The third kappa shape index (κ3) is 3.44. The molecule has 0 bridgehead atoms. The van der Waals surface area contributed by atoms with E-state index in [1.54, 1.807) is 6.07 Å². The fourth-order valence-electron chi connectivity index (χ4n) is 2.87. The number of aryl methyl sites for hydroxylation is 2. The van der Waals surface area contributed by atoms with Crippen LogP contribution in [0.5, 0.6) is 0 Å². The van der Waals surface area contributed by atoms with Crippen LogP contribution in [-0.4, -0.2) is 10.9 Å². The number of carbonyl (C=O) groups is 1. The van der Waals surface area contributed by atoms with Crippen molar-refractivity contribution in [1.29, 1.82) is 0 Å². The molecule has 0 saturated carbocycles. The van der Waals surface area contributed by atoms with E-state index in [1.165, 1.54) is 18.2 Å². The summed E-state index contributed by atoms with van der Waals surface area (Å²) in [5, 5.41) is 2.83. The highest BCUT2D eigenvalue weighted by molar-refractivity contribution is 6.04. The number of oxazole rings is 1. The highest BCUT2D eigenvalue weighted by atomic mass is 19.1. The summed E-state index contributed by atoms with van der Waals surface area (Å²) in [6, 6.07) is 17.0. The molecule has 5 heteroatoms. The molecule has 4 rings (SSSR count). The van der Waals surface area contributed by atoms with Crippen LogP contribution in [0.4, 0.5) is 10.1 Å². The Morgan fingerprint density at radius 3 is 2.70 bits per heavy atom. The van der Waals surface area contributed by atoms with Crippen molar-refractivity contribution in [1.82, 2.24) is 4.98 Å². The largest absolute Gasteiger partial charge is 0.436 e. The molecule has 0 aliphatic heterocycles. The highest BCUT2D eigenvalue weighted by Crippen LogP contribution is 2.28. The van der Waals surface area contributed by atoms with E-state index < -0.39 is 5.82 Å². The van der Waals surface area contributed by atoms with Gasteiger partial charge in [-0.2, -0.15) is 0 Å². The first-order valence-corrected chi connectivity index (χ1v) is 8.55. The molecule has 1 heterocycles.